The van der Waals surface area contributed by atoms with E-state index in [2.05, 4.69) is 4.90 Å². The van der Waals surface area contributed by atoms with E-state index in [0.29, 0.717) is 13.1 Å². The van der Waals surface area contributed by atoms with E-state index in [4.69, 9.17) is 10.2 Å². The van der Waals surface area contributed by atoms with Crippen molar-refractivity contribution in [3.05, 3.63) is 58.8 Å². The summed E-state index contributed by atoms with van der Waals surface area (Å²) in [6, 6.07) is 8.69. The fraction of sp³-hybridized carbons (Fsp3) is 0.333. The molecule has 2 rings (SSSR count). The third kappa shape index (κ3) is 3.66. The molecule has 102 valence electrons. The molecule has 0 saturated carbocycles. The summed E-state index contributed by atoms with van der Waals surface area (Å²) in [4.78, 5) is 2.12. The first-order chi connectivity index (χ1) is 9.08. The number of nitrogens with two attached hydrogens (primary N) is 1. The van der Waals surface area contributed by atoms with Crippen LogP contribution in [0.5, 0.6) is 0 Å². The molecule has 0 amide bonds. The Kier molecular flexibility index (Phi) is 4.35. The SMILES string of the molecule is Cc1ccc(CN(C)Cc2ccc(F)cc2CN)o1. The molecular formula is C15H19FN2O. The molecule has 0 bridgehead atoms. The lowest BCUT2D eigenvalue weighted by atomic mass is 10.1. The number of benzene rings is 1. The number of aryl methyl sites for hydroxylation is 1. The third-order valence-corrected chi connectivity index (χ3v) is 3.05. The van der Waals surface area contributed by atoms with Crippen LogP contribution in [0.1, 0.15) is 22.6 Å². The van der Waals surface area contributed by atoms with Crippen LogP contribution >= 0.6 is 0 Å². The second kappa shape index (κ2) is 5.99. The first-order valence-electron chi connectivity index (χ1n) is 6.29. The van der Waals surface area contributed by atoms with Crippen molar-refractivity contribution >= 4 is 0 Å². The molecule has 0 radical (unpaired) electrons. The number of halogens is 1. The van der Waals surface area contributed by atoms with Gasteiger partial charge in [0.1, 0.15) is 17.3 Å². The van der Waals surface area contributed by atoms with Gasteiger partial charge in [-0.3, -0.25) is 4.90 Å². The standard InChI is InChI=1S/C15H19FN2O/c1-11-3-6-15(19-11)10-18(2)9-12-4-5-14(16)7-13(12)8-17/h3-7H,8-10,17H2,1-2H3. The molecule has 3 nitrogen and oxygen atoms in total. The maximum atomic E-state index is 13.1. The van der Waals surface area contributed by atoms with Crippen molar-refractivity contribution in [2.45, 2.75) is 26.6 Å². The Morgan fingerprint density at radius 1 is 1.16 bits per heavy atom. The molecule has 1 heterocycles. The molecule has 19 heavy (non-hydrogen) atoms. The minimum Gasteiger partial charge on any atom is -0.465 e. The van der Waals surface area contributed by atoms with Crippen LogP contribution in [0.3, 0.4) is 0 Å². The molecule has 0 spiro atoms. The van der Waals surface area contributed by atoms with Gasteiger partial charge < -0.3 is 10.2 Å². The highest BCUT2D eigenvalue weighted by Gasteiger charge is 2.08. The summed E-state index contributed by atoms with van der Waals surface area (Å²) in [7, 11) is 2.00. The van der Waals surface area contributed by atoms with Crippen LogP contribution in [0.15, 0.2) is 34.7 Å². The minimum atomic E-state index is -0.242. The van der Waals surface area contributed by atoms with Gasteiger partial charge in [0, 0.05) is 13.1 Å². The van der Waals surface area contributed by atoms with E-state index in [-0.39, 0.29) is 5.82 Å². The summed E-state index contributed by atoms with van der Waals surface area (Å²) in [6.07, 6.45) is 0. The fourth-order valence-electron chi connectivity index (χ4n) is 2.12. The average Bonchev–Trinajstić information content (AvgIpc) is 2.76. The zero-order valence-electron chi connectivity index (χ0n) is 11.3. The van der Waals surface area contributed by atoms with Crippen molar-refractivity contribution in [2.75, 3.05) is 7.05 Å². The van der Waals surface area contributed by atoms with Crippen molar-refractivity contribution in [1.82, 2.24) is 4.90 Å². The molecule has 1 aromatic heterocycles. The van der Waals surface area contributed by atoms with E-state index >= 15 is 0 Å². The van der Waals surface area contributed by atoms with Crippen molar-refractivity contribution in [3.63, 3.8) is 0 Å². The molecule has 0 saturated heterocycles. The zero-order chi connectivity index (χ0) is 13.8. The van der Waals surface area contributed by atoms with Gasteiger partial charge in [-0.2, -0.15) is 0 Å². The van der Waals surface area contributed by atoms with E-state index in [9.17, 15) is 4.39 Å². The Morgan fingerprint density at radius 3 is 2.58 bits per heavy atom. The second-order valence-electron chi connectivity index (χ2n) is 4.80. The van der Waals surface area contributed by atoms with Gasteiger partial charge in [0.2, 0.25) is 0 Å². The Bertz CT molecular complexity index is 551. The summed E-state index contributed by atoms with van der Waals surface area (Å²) in [5.74, 6) is 1.60. The highest BCUT2D eigenvalue weighted by atomic mass is 19.1. The van der Waals surface area contributed by atoms with Gasteiger partial charge in [0.15, 0.2) is 0 Å². The van der Waals surface area contributed by atoms with Crippen molar-refractivity contribution in [1.29, 1.82) is 0 Å². The lowest BCUT2D eigenvalue weighted by molar-refractivity contribution is 0.284. The van der Waals surface area contributed by atoms with E-state index in [1.54, 1.807) is 6.07 Å². The predicted octanol–water partition coefficient (Wildman–Crippen LogP) is 2.82. The van der Waals surface area contributed by atoms with Gasteiger partial charge in [0.25, 0.3) is 0 Å². The largest absolute Gasteiger partial charge is 0.465 e. The summed E-state index contributed by atoms with van der Waals surface area (Å²) < 4.78 is 18.7. The fourth-order valence-corrected chi connectivity index (χ4v) is 2.12. The lowest BCUT2D eigenvalue weighted by Gasteiger charge is -2.17. The van der Waals surface area contributed by atoms with E-state index < -0.39 is 0 Å². The molecule has 4 heteroatoms. The zero-order valence-corrected chi connectivity index (χ0v) is 11.3. The van der Waals surface area contributed by atoms with Gasteiger partial charge in [-0.25, -0.2) is 4.39 Å². The Hall–Kier alpha value is -1.65. The Balaban J connectivity index is 2.04. The van der Waals surface area contributed by atoms with E-state index in [1.165, 1.54) is 12.1 Å². The summed E-state index contributed by atoms with van der Waals surface area (Å²) in [6.45, 7) is 3.71. The highest BCUT2D eigenvalue weighted by Crippen LogP contribution is 2.15. The number of hydrogen-bond donors (Lipinski definition) is 1. The third-order valence-electron chi connectivity index (χ3n) is 3.05. The van der Waals surface area contributed by atoms with Gasteiger partial charge in [-0.1, -0.05) is 6.07 Å². The normalized spacial score (nSPS) is 11.2. The van der Waals surface area contributed by atoms with E-state index in [1.807, 2.05) is 26.1 Å². The van der Waals surface area contributed by atoms with Crippen molar-refractivity contribution in [3.8, 4) is 0 Å². The molecule has 0 aliphatic rings. The van der Waals surface area contributed by atoms with Gasteiger partial charge in [-0.15, -0.1) is 0 Å². The van der Waals surface area contributed by atoms with Crippen molar-refractivity contribution < 1.29 is 8.81 Å². The molecular weight excluding hydrogens is 243 g/mol. The number of furan rings is 1. The molecule has 0 aliphatic carbocycles. The summed E-state index contributed by atoms with van der Waals surface area (Å²) in [5.41, 5.74) is 7.55. The number of rotatable bonds is 5. The summed E-state index contributed by atoms with van der Waals surface area (Å²) in [5, 5.41) is 0. The van der Waals surface area contributed by atoms with Crippen LogP contribution in [0.4, 0.5) is 4.39 Å². The maximum Gasteiger partial charge on any atom is 0.123 e. The smallest absolute Gasteiger partial charge is 0.123 e. The second-order valence-corrected chi connectivity index (χ2v) is 4.80. The van der Waals surface area contributed by atoms with Gasteiger partial charge in [-0.05, 0) is 49.4 Å². The van der Waals surface area contributed by atoms with Crippen LogP contribution in [0, 0.1) is 12.7 Å². The van der Waals surface area contributed by atoms with Crippen LogP contribution in [0.25, 0.3) is 0 Å². The van der Waals surface area contributed by atoms with Crippen LogP contribution < -0.4 is 5.73 Å². The molecule has 0 aliphatic heterocycles. The topological polar surface area (TPSA) is 42.4 Å². The molecule has 0 fully saturated rings. The quantitative estimate of drug-likeness (QED) is 0.901. The van der Waals surface area contributed by atoms with Gasteiger partial charge >= 0.3 is 0 Å². The first-order valence-corrected chi connectivity index (χ1v) is 6.29. The lowest BCUT2D eigenvalue weighted by Crippen LogP contribution is -2.18. The minimum absolute atomic E-state index is 0.242. The van der Waals surface area contributed by atoms with Crippen LogP contribution in [0.2, 0.25) is 0 Å². The molecule has 0 atom stereocenters. The number of hydrogen-bond acceptors (Lipinski definition) is 3. The summed E-state index contributed by atoms with van der Waals surface area (Å²) >= 11 is 0. The average molecular weight is 262 g/mol. The highest BCUT2D eigenvalue weighted by molar-refractivity contribution is 5.27. The number of nitrogens with zero attached hydrogens (tertiary/aromatic N) is 1. The van der Waals surface area contributed by atoms with Crippen LogP contribution in [-0.4, -0.2) is 11.9 Å². The molecule has 2 N–H and O–H groups in total. The molecule has 2 aromatic rings. The van der Waals surface area contributed by atoms with E-state index in [0.717, 1.165) is 29.2 Å². The first kappa shape index (κ1) is 13.8. The Morgan fingerprint density at radius 2 is 1.95 bits per heavy atom. The monoisotopic (exact) mass is 262 g/mol. The molecule has 0 unspecified atom stereocenters. The molecule has 1 aromatic carbocycles. The maximum absolute atomic E-state index is 13.1. The Labute approximate surface area is 112 Å². The van der Waals surface area contributed by atoms with Gasteiger partial charge in [0.05, 0.1) is 6.54 Å². The predicted molar refractivity (Wildman–Crippen MR) is 72.9 cm³/mol. The van der Waals surface area contributed by atoms with Crippen molar-refractivity contribution in [2.24, 2.45) is 5.73 Å². The van der Waals surface area contributed by atoms with Crippen LogP contribution in [-0.2, 0) is 19.6 Å².